The molecule has 0 saturated heterocycles. The van der Waals surface area contributed by atoms with Gasteiger partial charge >= 0.3 is 5.97 Å². The number of rotatable bonds is 9. The van der Waals surface area contributed by atoms with Crippen LogP contribution in [-0.4, -0.2) is 47.4 Å². The first kappa shape index (κ1) is 24.4. The molecule has 0 amide bonds. The summed E-state index contributed by atoms with van der Waals surface area (Å²) in [5, 5.41) is -0.116. The number of ether oxygens (including phenoxy) is 1. The predicted molar refractivity (Wildman–Crippen MR) is 123 cm³/mol. The number of ketones is 1. The number of carbonyl (C=O) groups is 2. The monoisotopic (exact) mass is 472 g/mol. The molecule has 0 spiro atoms. The Kier molecular flexibility index (Phi) is 7.19. The number of imidazole rings is 1. The fraction of sp³-hybridized carbons (Fsp3) is 0.348. The lowest BCUT2D eigenvalue weighted by Crippen LogP contribution is -2.27. The van der Waals surface area contributed by atoms with Crippen LogP contribution < -0.4 is 4.72 Å². The Hall–Kier alpha value is -3.24. The van der Waals surface area contributed by atoms with Crippen molar-refractivity contribution in [2.75, 3.05) is 13.2 Å². The largest absolute Gasteiger partial charge is 0.457 e. The van der Waals surface area contributed by atoms with Crippen molar-refractivity contribution in [1.29, 1.82) is 0 Å². The van der Waals surface area contributed by atoms with Crippen molar-refractivity contribution >= 4 is 21.8 Å². The van der Waals surface area contributed by atoms with E-state index >= 15 is 0 Å². The fourth-order valence-corrected chi connectivity index (χ4v) is 4.52. The van der Waals surface area contributed by atoms with Gasteiger partial charge in [-0.3, -0.25) is 9.59 Å². The van der Waals surface area contributed by atoms with E-state index in [0.717, 1.165) is 22.6 Å². The van der Waals surface area contributed by atoms with E-state index in [1.165, 1.54) is 6.20 Å². The van der Waals surface area contributed by atoms with E-state index in [9.17, 15) is 18.0 Å². The molecule has 0 radical (unpaired) electrons. The minimum Gasteiger partial charge on any atom is -0.457 e. The zero-order valence-corrected chi connectivity index (χ0v) is 20.2. The van der Waals surface area contributed by atoms with Gasteiger partial charge in [-0.15, -0.1) is 0 Å². The molecule has 2 aromatic heterocycles. The zero-order valence-electron chi connectivity index (χ0n) is 19.4. The summed E-state index contributed by atoms with van der Waals surface area (Å²) in [5.74, 6) is -0.440. The lowest BCUT2D eigenvalue weighted by molar-refractivity contribution is -0.142. The van der Waals surface area contributed by atoms with Gasteiger partial charge in [0.2, 0.25) is 5.78 Å². The van der Waals surface area contributed by atoms with E-state index in [1.807, 2.05) is 49.6 Å². The Morgan fingerprint density at radius 2 is 1.76 bits per heavy atom. The van der Waals surface area contributed by atoms with Gasteiger partial charge < -0.3 is 13.9 Å². The Morgan fingerprint density at radius 1 is 1.09 bits per heavy atom. The van der Waals surface area contributed by atoms with Crippen molar-refractivity contribution < 1.29 is 22.7 Å². The minimum absolute atomic E-state index is 0.116. The van der Waals surface area contributed by atoms with E-state index in [2.05, 4.69) is 9.71 Å². The molecule has 0 saturated carbocycles. The fourth-order valence-electron chi connectivity index (χ4n) is 3.45. The summed E-state index contributed by atoms with van der Waals surface area (Å²) in [7, 11) is -2.14. The molecule has 0 aliphatic heterocycles. The molecule has 0 aliphatic rings. The third kappa shape index (κ3) is 5.58. The molecule has 0 bridgehead atoms. The molecule has 1 aromatic carbocycles. The molecule has 176 valence electrons. The maximum absolute atomic E-state index is 12.7. The molecule has 33 heavy (non-hydrogen) atoms. The van der Waals surface area contributed by atoms with Crippen molar-refractivity contribution in [3.8, 4) is 5.69 Å². The molecule has 3 rings (SSSR count). The topological polar surface area (TPSA) is 112 Å². The van der Waals surface area contributed by atoms with Crippen LogP contribution in [0.3, 0.4) is 0 Å². The molecule has 3 aromatic rings. The van der Waals surface area contributed by atoms with E-state index in [1.54, 1.807) is 24.6 Å². The van der Waals surface area contributed by atoms with Gasteiger partial charge in [-0.2, -0.15) is 0 Å². The molecule has 0 aliphatic carbocycles. The highest BCUT2D eigenvalue weighted by Crippen LogP contribution is 2.21. The Balaban J connectivity index is 1.55. The standard InChI is InChI=1S/C23H28N4O5S/c1-15-6-8-19(9-7-15)27-16(2)12-20(17(27)3)21(28)14-32-23(29)10-11-24-33(30,31)22-13-26(5)18(4)25-22/h6-9,12-13,24H,10-11,14H2,1-5H3. The second-order valence-corrected chi connectivity index (χ2v) is 9.64. The van der Waals surface area contributed by atoms with Crippen molar-refractivity contribution in [1.82, 2.24) is 18.8 Å². The van der Waals surface area contributed by atoms with Gasteiger partial charge in [0.15, 0.2) is 11.6 Å². The number of nitrogens with one attached hydrogen (secondary N) is 1. The first-order valence-corrected chi connectivity index (χ1v) is 11.9. The third-order valence-electron chi connectivity index (χ3n) is 5.37. The molecule has 0 atom stereocenters. The first-order chi connectivity index (χ1) is 15.5. The minimum atomic E-state index is -3.83. The SMILES string of the molecule is Cc1ccc(-n2c(C)cc(C(=O)COC(=O)CCNS(=O)(=O)c3cn(C)c(C)n3)c2C)cc1. The summed E-state index contributed by atoms with van der Waals surface area (Å²) in [6.45, 7) is 6.87. The normalized spacial score (nSPS) is 11.5. The van der Waals surface area contributed by atoms with Gasteiger partial charge in [0.25, 0.3) is 10.0 Å². The number of esters is 1. The number of benzene rings is 1. The summed E-state index contributed by atoms with van der Waals surface area (Å²) < 4.78 is 35.4. The van der Waals surface area contributed by atoms with Gasteiger partial charge in [0, 0.05) is 42.4 Å². The molecule has 0 fully saturated rings. The van der Waals surface area contributed by atoms with Crippen molar-refractivity contribution in [3.63, 3.8) is 0 Å². The first-order valence-electron chi connectivity index (χ1n) is 10.4. The van der Waals surface area contributed by atoms with Crippen molar-refractivity contribution in [2.45, 2.75) is 39.1 Å². The lowest BCUT2D eigenvalue weighted by Gasteiger charge is -2.10. The molecular weight excluding hydrogens is 444 g/mol. The van der Waals surface area contributed by atoms with Crippen LogP contribution in [0.25, 0.3) is 5.69 Å². The maximum Gasteiger partial charge on any atom is 0.307 e. The number of hydrogen-bond acceptors (Lipinski definition) is 6. The second kappa shape index (κ2) is 9.72. The highest BCUT2D eigenvalue weighted by atomic mass is 32.2. The van der Waals surface area contributed by atoms with Crippen LogP contribution in [0.1, 0.15) is 39.6 Å². The lowest BCUT2D eigenvalue weighted by atomic mass is 10.1. The van der Waals surface area contributed by atoms with Crippen LogP contribution in [0.4, 0.5) is 0 Å². The third-order valence-corrected chi connectivity index (χ3v) is 6.70. The van der Waals surface area contributed by atoms with E-state index in [-0.39, 0.29) is 23.8 Å². The van der Waals surface area contributed by atoms with E-state index < -0.39 is 22.6 Å². The Morgan fingerprint density at radius 3 is 2.36 bits per heavy atom. The average Bonchev–Trinajstić information content (AvgIpc) is 3.25. The average molecular weight is 473 g/mol. The number of Topliss-reactive ketones (excluding diaryl/α,β-unsaturated/α-hetero) is 1. The van der Waals surface area contributed by atoms with Gasteiger partial charge in [-0.25, -0.2) is 18.1 Å². The summed E-state index contributed by atoms with van der Waals surface area (Å²) in [5.41, 5.74) is 4.22. The predicted octanol–water partition coefficient (Wildman–Crippen LogP) is 2.54. The van der Waals surface area contributed by atoms with E-state index in [4.69, 9.17) is 4.74 Å². The highest BCUT2D eigenvalue weighted by Gasteiger charge is 2.20. The van der Waals surface area contributed by atoms with Gasteiger partial charge in [0.1, 0.15) is 5.82 Å². The summed E-state index contributed by atoms with van der Waals surface area (Å²) in [4.78, 5) is 28.7. The summed E-state index contributed by atoms with van der Waals surface area (Å²) in [6, 6.07) is 9.74. The Bertz CT molecular complexity index is 1270. The molecule has 9 nitrogen and oxygen atoms in total. The van der Waals surface area contributed by atoms with Crippen LogP contribution in [0, 0.1) is 27.7 Å². The second-order valence-electron chi connectivity index (χ2n) is 7.92. The van der Waals surface area contributed by atoms with Gasteiger partial charge in [-0.1, -0.05) is 17.7 Å². The van der Waals surface area contributed by atoms with Crippen LogP contribution in [0.15, 0.2) is 41.6 Å². The van der Waals surface area contributed by atoms with Crippen LogP contribution in [-0.2, 0) is 26.6 Å². The van der Waals surface area contributed by atoms with Crippen LogP contribution in [0.2, 0.25) is 0 Å². The number of aromatic nitrogens is 3. The van der Waals surface area contributed by atoms with Gasteiger partial charge in [0.05, 0.1) is 6.42 Å². The molecular formula is C23H28N4O5S. The number of carbonyl (C=O) groups excluding carboxylic acids is 2. The molecule has 10 heteroatoms. The van der Waals surface area contributed by atoms with Crippen molar-refractivity contribution in [3.05, 3.63) is 64.9 Å². The zero-order chi connectivity index (χ0) is 24.3. The number of hydrogen-bond donors (Lipinski definition) is 1. The molecule has 0 unspecified atom stereocenters. The van der Waals surface area contributed by atoms with Crippen LogP contribution >= 0.6 is 0 Å². The number of sulfonamides is 1. The smallest absolute Gasteiger partial charge is 0.307 e. The summed E-state index contributed by atoms with van der Waals surface area (Å²) >= 11 is 0. The number of nitrogens with zero attached hydrogens (tertiary/aromatic N) is 3. The summed E-state index contributed by atoms with van der Waals surface area (Å²) in [6.07, 6.45) is 1.18. The molecule has 2 heterocycles. The van der Waals surface area contributed by atoms with Crippen LogP contribution in [0.5, 0.6) is 0 Å². The van der Waals surface area contributed by atoms with Gasteiger partial charge in [-0.05, 0) is 45.9 Å². The molecule has 1 N–H and O–H groups in total. The quantitative estimate of drug-likeness (QED) is 0.378. The Labute approximate surface area is 193 Å². The number of aryl methyl sites for hydroxylation is 4. The maximum atomic E-state index is 12.7. The highest BCUT2D eigenvalue weighted by molar-refractivity contribution is 7.89. The van der Waals surface area contributed by atoms with E-state index in [0.29, 0.717) is 11.4 Å². The van der Waals surface area contributed by atoms with Crippen molar-refractivity contribution in [2.24, 2.45) is 7.05 Å².